The van der Waals surface area contributed by atoms with Crippen LogP contribution in [0.1, 0.15) is 22.1 Å². The molecule has 4 nitrogen and oxygen atoms in total. The summed E-state index contributed by atoms with van der Waals surface area (Å²) in [7, 11) is 0. The number of para-hydroxylation sites is 1. The first-order chi connectivity index (χ1) is 13.5. The molecule has 7 heteroatoms. The van der Waals surface area contributed by atoms with Crippen LogP contribution < -0.4 is 5.56 Å². The fourth-order valence-corrected chi connectivity index (χ4v) is 4.46. The van der Waals surface area contributed by atoms with Crippen LogP contribution in [0.5, 0.6) is 0 Å². The van der Waals surface area contributed by atoms with Gasteiger partial charge in [0.05, 0.1) is 10.7 Å². The van der Waals surface area contributed by atoms with Crippen molar-refractivity contribution in [1.29, 1.82) is 5.26 Å². The van der Waals surface area contributed by atoms with Crippen molar-refractivity contribution < 1.29 is 9.50 Å². The van der Waals surface area contributed by atoms with Crippen LogP contribution >= 0.6 is 22.9 Å². The zero-order chi connectivity index (χ0) is 19.8. The van der Waals surface area contributed by atoms with Crippen LogP contribution in [0, 0.1) is 17.1 Å². The number of hydrogen-bond acceptors (Lipinski definition) is 4. The molecule has 0 aliphatic heterocycles. The molecule has 0 radical (unpaired) electrons. The van der Waals surface area contributed by atoms with E-state index in [1.165, 1.54) is 28.8 Å². The summed E-state index contributed by atoms with van der Waals surface area (Å²) in [5.41, 5.74) is 1.15. The van der Waals surface area contributed by atoms with Crippen LogP contribution in [0.25, 0.3) is 15.9 Å². The number of halogens is 2. The van der Waals surface area contributed by atoms with Crippen molar-refractivity contribution in [3.63, 3.8) is 0 Å². The highest BCUT2D eigenvalue weighted by Crippen LogP contribution is 2.38. The molecule has 1 unspecified atom stereocenters. The Kier molecular flexibility index (Phi) is 4.73. The van der Waals surface area contributed by atoms with E-state index in [2.05, 4.69) is 6.07 Å². The molecular formula is C21H12ClFN2O2S. The van der Waals surface area contributed by atoms with Gasteiger partial charge in [-0.25, -0.2) is 4.39 Å². The third-order valence-electron chi connectivity index (χ3n) is 4.43. The molecule has 0 amide bonds. The van der Waals surface area contributed by atoms with Gasteiger partial charge in [-0.2, -0.15) is 5.26 Å². The van der Waals surface area contributed by atoms with Crippen LogP contribution in [-0.4, -0.2) is 9.67 Å². The van der Waals surface area contributed by atoms with Gasteiger partial charge in [0.15, 0.2) is 0 Å². The molecule has 0 aliphatic rings. The highest BCUT2D eigenvalue weighted by molar-refractivity contribution is 7.19. The first-order valence-corrected chi connectivity index (χ1v) is 9.47. The Morgan fingerprint density at radius 2 is 1.89 bits per heavy atom. The quantitative estimate of drug-likeness (QED) is 0.527. The number of nitrogens with zero attached hydrogens (tertiary/aromatic N) is 2. The lowest BCUT2D eigenvalue weighted by Crippen LogP contribution is -2.16. The van der Waals surface area contributed by atoms with Crippen molar-refractivity contribution in [3.8, 4) is 11.8 Å². The van der Waals surface area contributed by atoms with E-state index in [4.69, 9.17) is 11.6 Å². The molecule has 0 saturated heterocycles. The first kappa shape index (κ1) is 18.4. The van der Waals surface area contributed by atoms with Crippen molar-refractivity contribution in [2.75, 3.05) is 0 Å². The molecule has 28 heavy (non-hydrogen) atoms. The third kappa shape index (κ3) is 3.00. The van der Waals surface area contributed by atoms with Gasteiger partial charge >= 0.3 is 0 Å². The van der Waals surface area contributed by atoms with Gasteiger partial charge in [-0.1, -0.05) is 35.9 Å². The largest absolute Gasteiger partial charge is 0.384 e. The second kappa shape index (κ2) is 7.21. The fraction of sp³-hybridized carbons (Fsp3) is 0.0476. The van der Waals surface area contributed by atoms with E-state index in [0.717, 1.165) is 11.3 Å². The standard InChI is InChI=1S/C21H12ClFN2O2S/c22-15-10-12(6-8-16(15)23)20(27)19-14-7-9-18(26)25(13-4-2-1-3-5-13)21(14)28-17(19)11-24/h1-10,20,27H. The van der Waals surface area contributed by atoms with Crippen LogP contribution in [0.15, 0.2) is 65.5 Å². The highest BCUT2D eigenvalue weighted by Gasteiger charge is 2.24. The second-order valence-electron chi connectivity index (χ2n) is 6.09. The summed E-state index contributed by atoms with van der Waals surface area (Å²) in [4.78, 5) is 13.4. The molecule has 1 N–H and O–H groups in total. The predicted molar refractivity (Wildman–Crippen MR) is 108 cm³/mol. The van der Waals surface area contributed by atoms with Crippen molar-refractivity contribution in [1.82, 2.24) is 4.57 Å². The summed E-state index contributed by atoms with van der Waals surface area (Å²) in [6, 6.07) is 18.1. The number of aromatic nitrogens is 1. The minimum atomic E-state index is -1.19. The summed E-state index contributed by atoms with van der Waals surface area (Å²) < 4.78 is 15.0. The van der Waals surface area contributed by atoms with Crippen LogP contribution in [0.3, 0.4) is 0 Å². The van der Waals surface area contributed by atoms with Crippen LogP contribution in [-0.2, 0) is 0 Å². The highest BCUT2D eigenvalue weighted by atomic mass is 35.5. The van der Waals surface area contributed by atoms with Crippen molar-refractivity contribution >= 4 is 33.2 Å². The summed E-state index contributed by atoms with van der Waals surface area (Å²) in [5.74, 6) is -0.591. The number of fused-ring (bicyclic) bond motifs is 1. The predicted octanol–water partition coefficient (Wildman–Crippen LogP) is 4.80. The number of nitriles is 1. The topological polar surface area (TPSA) is 66.0 Å². The second-order valence-corrected chi connectivity index (χ2v) is 7.50. The zero-order valence-corrected chi connectivity index (χ0v) is 15.8. The number of aliphatic hydroxyl groups is 1. The summed E-state index contributed by atoms with van der Waals surface area (Å²) in [6.07, 6.45) is -1.19. The third-order valence-corrected chi connectivity index (χ3v) is 5.83. The van der Waals surface area contributed by atoms with Crippen molar-refractivity contribution in [3.05, 3.63) is 97.9 Å². The Bertz CT molecular complexity index is 1290. The molecule has 0 fully saturated rings. The smallest absolute Gasteiger partial charge is 0.256 e. The number of pyridine rings is 1. The molecule has 0 spiro atoms. The minimum absolute atomic E-state index is 0.115. The van der Waals surface area contributed by atoms with Crippen LogP contribution in [0.2, 0.25) is 5.02 Å². The lowest BCUT2D eigenvalue weighted by atomic mass is 9.99. The van der Waals surface area contributed by atoms with Gasteiger partial charge in [-0.3, -0.25) is 9.36 Å². The number of aliphatic hydroxyl groups excluding tert-OH is 1. The molecule has 0 aliphatic carbocycles. The molecule has 0 saturated carbocycles. The SMILES string of the molecule is N#Cc1sc2c(ccc(=O)n2-c2ccccc2)c1C(O)c1ccc(F)c(Cl)c1. The van der Waals surface area contributed by atoms with Gasteiger partial charge in [0.1, 0.15) is 27.7 Å². The monoisotopic (exact) mass is 410 g/mol. The van der Waals surface area contributed by atoms with Crippen LogP contribution in [0.4, 0.5) is 4.39 Å². The Hall–Kier alpha value is -2.98. The number of hydrogen-bond donors (Lipinski definition) is 1. The van der Waals surface area contributed by atoms with E-state index in [-0.39, 0.29) is 15.5 Å². The molecule has 4 aromatic rings. The number of thiophene rings is 1. The maximum absolute atomic E-state index is 13.5. The molecule has 1 atom stereocenters. The molecule has 4 rings (SSSR count). The average Bonchev–Trinajstić information content (AvgIpc) is 3.08. The summed E-state index contributed by atoms with van der Waals surface area (Å²) >= 11 is 6.97. The van der Waals surface area contributed by atoms with Gasteiger partial charge < -0.3 is 5.11 Å². The lowest BCUT2D eigenvalue weighted by molar-refractivity contribution is 0.222. The Balaban J connectivity index is 1.98. The molecule has 2 aromatic carbocycles. The molecule has 138 valence electrons. The van der Waals surface area contributed by atoms with Gasteiger partial charge in [0.25, 0.3) is 5.56 Å². The minimum Gasteiger partial charge on any atom is -0.384 e. The maximum Gasteiger partial charge on any atom is 0.256 e. The van der Waals surface area contributed by atoms with E-state index in [9.17, 15) is 19.6 Å². The van der Waals surface area contributed by atoms with E-state index < -0.39 is 11.9 Å². The molecular weight excluding hydrogens is 399 g/mol. The van der Waals surface area contributed by atoms with E-state index in [0.29, 0.717) is 27.0 Å². The van der Waals surface area contributed by atoms with Gasteiger partial charge in [-0.05, 0) is 35.9 Å². The fourth-order valence-electron chi connectivity index (χ4n) is 3.13. The van der Waals surface area contributed by atoms with Crippen molar-refractivity contribution in [2.45, 2.75) is 6.10 Å². The zero-order valence-electron chi connectivity index (χ0n) is 14.3. The summed E-state index contributed by atoms with van der Waals surface area (Å²) in [6.45, 7) is 0. The Morgan fingerprint density at radius 3 is 2.57 bits per heavy atom. The summed E-state index contributed by atoms with van der Waals surface area (Å²) in [5, 5.41) is 21.0. The molecule has 2 aromatic heterocycles. The average molecular weight is 411 g/mol. The Labute approximate surface area is 168 Å². The van der Waals surface area contributed by atoms with Crippen molar-refractivity contribution in [2.24, 2.45) is 0 Å². The number of rotatable bonds is 3. The molecule has 2 heterocycles. The number of benzene rings is 2. The first-order valence-electron chi connectivity index (χ1n) is 8.28. The van der Waals surface area contributed by atoms with Gasteiger partial charge in [0, 0.05) is 17.0 Å². The van der Waals surface area contributed by atoms with Gasteiger partial charge in [-0.15, -0.1) is 11.3 Å². The van der Waals surface area contributed by atoms with E-state index >= 15 is 0 Å². The van der Waals surface area contributed by atoms with E-state index in [1.807, 2.05) is 18.2 Å². The maximum atomic E-state index is 13.5. The normalized spacial score (nSPS) is 12.1. The lowest BCUT2D eigenvalue weighted by Gasteiger charge is -2.13. The van der Waals surface area contributed by atoms with E-state index in [1.54, 1.807) is 18.2 Å². The Morgan fingerprint density at radius 1 is 1.14 bits per heavy atom. The van der Waals surface area contributed by atoms with Gasteiger partial charge in [0.2, 0.25) is 0 Å². The molecule has 0 bridgehead atoms.